The third kappa shape index (κ3) is 3.67. The minimum absolute atomic E-state index is 0.0972. The zero-order valence-electron chi connectivity index (χ0n) is 12.1. The molecule has 1 saturated carbocycles. The van der Waals surface area contributed by atoms with Gasteiger partial charge in [0.15, 0.2) is 5.78 Å². The van der Waals surface area contributed by atoms with Crippen LogP contribution in [0.15, 0.2) is 6.07 Å². The molecule has 1 fully saturated rings. The van der Waals surface area contributed by atoms with Gasteiger partial charge in [-0.2, -0.15) is 0 Å². The van der Waals surface area contributed by atoms with Crippen LogP contribution in [-0.2, 0) is 4.79 Å². The lowest BCUT2D eigenvalue weighted by Crippen LogP contribution is -2.43. The highest BCUT2D eigenvalue weighted by Gasteiger charge is 2.26. The van der Waals surface area contributed by atoms with Gasteiger partial charge in [0.1, 0.15) is 0 Å². The summed E-state index contributed by atoms with van der Waals surface area (Å²) in [5, 5.41) is 0. The Morgan fingerprint density at radius 1 is 1.30 bits per heavy atom. The van der Waals surface area contributed by atoms with Crippen LogP contribution in [0.5, 0.6) is 0 Å². The molecule has 1 heterocycles. The molecule has 20 heavy (non-hydrogen) atoms. The predicted molar refractivity (Wildman–Crippen MR) is 81.1 cm³/mol. The normalized spacial score (nSPS) is 15.9. The smallest absolute Gasteiger partial charge is 0.231 e. The first kappa shape index (κ1) is 15.2. The van der Waals surface area contributed by atoms with E-state index < -0.39 is 0 Å². The second kappa shape index (κ2) is 6.50. The number of nitrogens with zero attached hydrogens (tertiary/aromatic N) is 1. The summed E-state index contributed by atoms with van der Waals surface area (Å²) < 4.78 is 0. The van der Waals surface area contributed by atoms with Gasteiger partial charge < -0.3 is 5.73 Å². The number of carbonyl (C=O) groups is 2. The minimum atomic E-state index is -0.358. The number of hydrogen-bond donors (Lipinski definition) is 1. The summed E-state index contributed by atoms with van der Waals surface area (Å²) in [6, 6.07) is 2.27. The molecule has 1 amide bonds. The van der Waals surface area contributed by atoms with Crippen LogP contribution in [0.25, 0.3) is 0 Å². The molecule has 1 aromatic heterocycles. The van der Waals surface area contributed by atoms with Gasteiger partial charge in [0, 0.05) is 21.4 Å². The monoisotopic (exact) mass is 294 g/mol. The Morgan fingerprint density at radius 2 is 1.95 bits per heavy atom. The molecule has 2 rings (SSSR count). The van der Waals surface area contributed by atoms with Crippen molar-refractivity contribution < 1.29 is 9.59 Å². The minimum Gasteiger partial charge on any atom is -0.369 e. The van der Waals surface area contributed by atoms with Crippen LogP contribution >= 0.6 is 11.3 Å². The van der Waals surface area contributed by atoms with Crippen molar-refractivity contribution in [1.82, 2.24) is 4.90 Å². The van der Waals surface area contributed by atoms with Gasteiger partial charge >= 0.3 is 0 Å². The summed E-state index contributed by atoms with van der Waals surface area (Å²) in [5.41, 5.74) is 6.11. The van der Waals surface area contributed by atoms with E-state index in [1.165, 1.54) is 12.8 Å². The van der Waals surface area contributed by atoms with E-state index in [2.05, 4.69) is 0 Å². The Bertz CT molecular complexity index is 504. The van der Waals surface area contributed by atoms with E-state index in [4.69, 9.17) is 5.73 Å². The SMILES string of the molecule is Cc1cc(C(=O)CN(CC(N)=O)C2CCCC2)c(C)s1. The van der Waals surface area contributed by atoms with Crippen LogP contribution in [0, 0.1) is 13.8 Å². The molecule has 0 radical (unpaired) electrons. The van der Waals surface area contributed by atoms with Crippen LogP contribution in [0.4, 0.5) is 0 Å². The van der Waals surface area contributed by atoms with Crippen molar-refractivity contribution in [3.8, 4) is 0 Å². The number of rotatable bonds is 6. The Balaban J connectivity index is 2.08. The van der Waals surface area contributed by atoms with Crippen LogP contribution in [-0.4, -0.2) is 35.7 Å². The quantitative estimate of drug-likeness (QED) is 0.819. The first-order chi connectivity index (χ1) is 9.47. The maximum Gasteiger partial charge on any atom is 0.231 e. The Morgan fingerprint density at radius 3 is 2.45 bits per heavy atom. The maximum atomic E-state index is 12.4. The van der Waals surface area contributed by atoms with Crippen LogP contribution < -0.4 is 5.73 Å². The average Bonchev–Trinajstić information content (AvgIpc) is 2.97. The van der Waals surface area contributed by atoms with Gasteiger partial charge in [0.05, 0.1) is 13.1 Å². The third-order valence-electron chi connectivity index (χ3n) is 3.89. The molecular weight excluding hydrogens is 272 g/mol. The Labute approximate surface area is 124 Å². The van der Waals surface area contributed by atoms with Gasteiger partial charge in [-0.15, -0.1) is 11.3 Å². The second-order valence-electron chi connectivity index (χ2n) is 5.56. The highest BCUT2D eigenvalue weighted by molar-refractivity contribution is 7.12. The summed E-state index contributed by atoms with van der Waals surface area (Å²) >= 11 is 1.64. The molecule has 0 unspecified atom stereocenters. The molecule has 0 bridgehead atoms. The first-order valence-electron chi connectivity index (χ1n) is 7.10. The molecule has 0 saturated heterocycles. The number of carbonyl (C=O) groups excluding carboxylic acids is 2. The molecule has 1 aliphatic rings. The molecule has 0 atom stereocenters. The van der Waals surface area contributed by atoms with Crippen molar-refractivity contribution in [3.63, 3.8) is 0 Å². The molecule has 110 valence electrons. The van der Waals surface area contributed by atoms with Gasteiger partial charge in [-0.3, -0.25) is 14.5 Å². The van der Waals surface area contributed by atoms with E-state index in [0.29, 0.717) is 12.6 Å². The van der Waals surface area contributed by atoms with Crippen molar-refractivity contribution in [2.75, 3.05) is 13.1 Å². The molecule has 0 aromatic carbocycles. The van der Waals surface area contributed by atoms with Gasteiger partial charge in [0.2, 0.25) is 5.91 Å². The average molecular weight is 294 g/mol. The number of aryl methyl sites for hydroxylation is 2. The van der Waals surface area contributed by atoms with E-state index >= 15 is 0 Å². The molecular formula is C15H22N2O2S. The largest absolute Gasteiger partial charge is 0.369 e. The zero-order valence-corrected chi connectivity index (χ0v) is 13.0. The van der Waals surface area contributed by atoms with Crippen LogP contribution in [0.1, 0.15) is 45.8 Å². The summed E-state index contributed by atoms with van der Waals surface area (Å²) in [7, 11) is 0. The number of primary amides is 1. The van der Waals surface area contributed by atoms with Gasteiger partial charge in [-0.05, 0) is 32.8 Å². The lowest BCUT2D eigenvalue weighted by Gasteiger charge is -2.26. The number of ketones is 1. The standard InChI is InChI=1S/C15H22N2O2S/c1-10-7-13(11(2)20-10)14(18)8-17(9-15(16)19)12-5-3-4-6-12/h7,12H,3-6,8-9H2,1-2H3,(H2,16,19). The topological polar surface area (TPSA) is 63.4 Å². The number of hydrogen-bond acceptors (Lipinski definition) is 4. The third-order valence-corrected chi connectivity index (χ3v) is 4.85. The molecule has 0 aliphatic heterocycles. The van der Waals surface area contributed by atoms with Crippen molar-refractivity contribution in [1.29, 1.82) is 0 Å². The van der Waals surface area contributed by atoms with Crippen molar-refractivity contribution in [2.45, 2.75) is 45.6 Å². The fraction of sp³-hybridized carbons (Fsp3) is 0.600. The highest BCUT2D eigenvalue weighted by Crippen LogP contribution is 2.25. The summed E-state index contributed by atoms with van der Waals surface area (Å²) in [5.74, 6) is -0.261. The molecule has 4 nitrogen and oxygen atoms in total. The van der Waals surface area contributed by atoms with Crippen molar-refractivity contribution in [2.24, 2.45) is 5.73 Å². The van der Waals surface area contributed by atoms with E-state index in [-0.39, 0.29) is 18.2 Å². The first-order valence-corrected chi connectivity index (χ1v) is 7.91. The van der Waals surface area contributed by atoms with E-state index in [1.54, 1.807) is 11.3 Å². The fourth-order valence-electron chi connectivity index (χ4n) is 2.96. The second-order valence-corrected chi connectivity index (χ2v) is 7.02. The van der Waals surface area contributed by atoms with E-state index in [1.807, 2.05) is 24.8 Å². The number of nitrogens with two attached hydrogens (primary N) is 1. The van der Waals surface area contributed by atoms with Crippen LogP contribution in [0.2, 0.25) is 0 Å². The maximum absolute atomic E-state index is 12.4. The number of amides is 1. The van der Waals surface area contributed by atoms with E-state index in [0.717, 1.165) is 28.2 Å². The summed E-state index contributed by atoms with van der Waals surface area (Å²) in [4.78, 5) is 27.8. The summed E-state index contributed by atoms with van der Waals surface area (Å²) in [6.07, 6.45) is 4.46. The van der Waals surface area contributed by atoms with Gasteiger partial charge in [-0.25, -0.2) is 0 Å². The number of Topliss-reactive ketones (excluding diaryl/α,β-unsaturated/α-hetero) is 1. The molecule has 5 heteroatoms. The van der Waals surface area contributed by atoms with Crippen LogP contribution in [0.3, 0.4) is 0 Å². The lowest BCUT2D eigenvalue weighted by atomic mass is 10.1. The fourth-order valence-corrected chi connectivity index (χ4v) is 3.90. The molecule has 0 spiro atoms. The highest BCUT2D eigenvalue weighted by atomic mass is 32.1. The Kier molecular flexibility index (Phi) is 4.94. The molecule has 1 aliphatic carbocycles. The lowest BCUT2D eigenvalue weighted by molar-refractivity contribution is -0.119. The zero-order chi connectivity index (χ0) is 14.7. The molecule has 2 N–H and O–H groups in total. The van der Waals surface area contributed by atoms with Gasteiger partial charge in [-0.1, -0.05) is 12.8 Å². The van der Waals surface area contributed by atoms with Crippen molar-refractivity contribution >= 4 is 23.0 Å². The van der Waals surface area contributed by atoms with E-state index in [9.17, 15) is 9.59 Å². The molecule has 1 aromatic rings. The number of thiophene rings is 1. The van der Waals surface area contributed by atoms with Gasteiger partial charge in [0.25, 0.3) is 0 Å². The predicted octanol–water partition coefficient (Wildman–Crippen LogP) is 2.28. The Hall–Kier alpha value is -1.20. The summed E-state index contributed by atoms with van der Waals surface area (Å²) in [6.45, 7) is 4.45. The van der Waals surface area contributed by atoms with Crippen molar-refractivity contribution in [3.05, 3.63) is 21.4 Å².